The standard InChI is InChI=1S/C10H10BrF2NO4/c1-18-7-4-14(9(15)2-5(7)11)6(10(16)17)3-8(12)13/h2,4,6,8H,3H2,1H3,(H,16,17). The second-order valence-electron chi connectivity index (χ2n) is 3.42. The van der Waals surface area contributed by atoms with Gasteiger partial charge in [-0.3, -0.25) is 9.36 Å². The average molecular weight is 326 g/mol. The molecule has 0 aliphatic heterocycles. The van der Waals surface area contributed by atoms with E-state index in [-0.39, 0.29) is 5.75 Å². The van der Waals surface area contributed by atoms with E-state index in [0.29, 0.717) is 4.47 Å². The summed E-state index contributed by atoms with van der Waals surface area (Å²) in [7, 11) is 1.32. The lowest BCUT2D eigenvalue weighted by molar-refractivity contribution is -0.142. The van der Waals surface area contributed by atoms with Crippen LogP contribution in [0.3, 0.4) is 0 Å². The van der Waals surface area contributed by atoms with Crippen LogP contribution in [0, 0.1) is 0 Å². The molecular formula is C10H10BrF2NO4. The first-order valence-corrected chi connectivity index (χ1v) is 5.62. The minimum Gasteiger partial charge on any atom is -0.494 e. The minimum absolute atomic E-state index is 0.190. The van der Waals surface area contributed by atoms with Gasteiger partial charge in [0.2, 0.25) is 6.43 Å². The number of aromatic nitrogens is 1. The third-order valence-electron chi connectivity index (χ3n) is 2.24. The highest BCUT2D eigenvalue weighted by molar-refractivity contribution is 9.10. The number of carboxylic acids is 1. The van der Waals surface area contributed by atoms with Gasteiger partial charge in [0, 0.05) is 12.5 Å². The summed E-state index contributed by atoms with van der Waals surface area (Å²) in [6.45, 7) is 0. The summed E-state index contributed by atoms with van der Waals surface area (Å²) in [5.74, 6) is -1.31. The highest BCUT2D eigenvalue weighted by Gasteiger charge is 2.25. The van der Waals surface area contributed by atoms with Gasteiger partial charge in [-0.15, -0.1) is 0 Å². The summed E-state index contributed by atoms with van der Waals surface area (Å²) in [4.78, 5) is 22.5. The largest absolute Gasteiger partial charge is 0.494 e. The number of aliphatic carboxylic acids is 1. The molecule has 5 nitrogen and oxygen atoms in total. The van der Waals surface area contributed by atoms with Crippen molar-refractivity contribution in [2.45, 2.75) is 18.9 Å². The lowest BCUT2D eigenvalue weighted by atomic mass is 10.2. The summed E-state index contributed by atoms with van der Waals surface area (Å²) >= 11 is 3.04. The predicted molar refractivity (Wildman–Crippen MR) is 62.2 cm³/mol. The molecule has 1 N–H and O–H groups in total. The fraction of sp³-hybridized carbons (Fsp3) is 0.400. The van der Waals surface area contributed by atoms with Crippen molar-refractivity contribution in [2.24, 2.45) is 0 Å². The number of ether oxygens (including phenoxy) is 1. The van der Waals surface area contributed by atoms with E-state index in [9.17, 15) is 18.4 Å². The Morgan fingerprint density at radius 2 is 2.22 bits per heavy atom. The van der Waals surface area contributed by atoms with Gasteiger partial charge < -0.3 is 9.84 Å². The second-order valence-corrected chi connectivity index (χ2v) is 4.27. The predicted octanol–water partition coefficient (Wildman–Crippen LogP) is 1.90. The van der Waals surface area contributed by atoms with Crippen LogP contribution in [0.4, 0.5) is 8.78 Å². The van der Waals surface area contributed by atoms with Crippen molar-refractivity contribution in [1.29, 1.82) is 0 Å². The van der Waals surface area contributed by atoms with Crippen LogP contribution < -0.4 is 10.3 Å². The third-order valence-corrected chi connectivity index (χ3v) is 2.86. The quantitative estimate of drug-likeness (QED) is 0.897. The van der Waals surface area contributed by atoms with Gasteiger partial charge in [0.05, 0.1) is 17.8 Å². The fourth-order valence-corrected chi connectivity index (χ4v) is 1.86. The average Bonchev–Trinajstić information content (AvgIpc) is 2.26. The number of pyridine rings is 1. The summed E-state index contributed by atoms with van der Waals surface area (Å²) in [6, 6.07) is -0.556. The van der Waals surface area contributed by atoms with Crippen LogP contribution in [-0.4, -0.2) is 29.2 Å². The molecule has 0 bridgehead atoms. The monoisotopic (exact) mass is 325 g/mol. The minimum atomic E-state index is -2.83. The Kier molecular flexibility index (Phi) is 4.83. The molecule has 0 aliphatic rings. The van der Waals surface area contributed by atoms with Gasteiger partial charge >= 0.3 is 5.97 Å². The van der Waals surface area contributed by atoms with E-state index in [1.165, 1.54) is 7.11 Å². The normalized spacial score (nSPS) is 12.5. The molecule has 18 heavy (non-hydrogen) atoms. The van der Waals surface area contributed by atoms with Gasteiger partial charge in [-0.05, 0) is 15.9 Å². The molecule has 0 radical (unpaired) electrons. The van der Waals surface area contributed by atoms with Crippen LogP contribution in [0.15, 0.2) is 21.5 Å². The molecule has 8 heteroatoms. The molecule has 0 spiro atoms. The Labute approximate surface area is 109 Å². The van der Waals surface area contributed by atoms with Gasteiger partial charge in [0.15, 0.2) is 0 Å². The van der Waals surface area contributed by atoms with Gasteiger partial charge in [-0.1, -0.05) is 0 Å². The number of rotatable bonds is 5. The molecule has 0 amide bonds. The molecule has 0 saturated carbocycles. The Hall–Kier alpha value is -1.44. The molecule has 1 rings (SSSR count). The van der Waals surface area contributed by atoms with Crippen LogP contribution in [-0.2, 0) is 4.79 Å². The van der Waals surface area contributed by atoms with Crippen molar-refractivity contribution < 1.29 is 23.4 Å². The fourth-order valence-electron chi connectivity index (χ4n) is 1.40. The highest BCUT2D eigenvalue weighted by atomic mass is 79.9. The Morgan fingerprint density at radius 1 is 1.61 bits per heavy atom. The lowest BCUT2D eigenvalue weighted by Crippen LogP contribution is -2.30. The molecular weight excluding hydrogens is 316 g/mol. The Morgan fingerprint density at radius 3 is 2.67 bits per heavy atom. The van der Waals surface area contributed by atoms with Crippen LogP contribution in [0.2, 0.25) is 0 Å². The molecule has 100 valence electrons. The SMILES string of the molecule is COc1cn(C(CC(F)F)C(=O)O)c(=O)cc1Br. The van der Waals surface area contributed by atoms with E-state index in [1.807, 2.05) is 0 Å². The zero-order valence-electron chi connectivity index (χ0n) is 9.27. The van der Waals surface area contributed by atoms with Gasteiger partial charge in [-0.2, -0.15) is 0 Å². The van der Waals surface area contributed by atoms with Crippen LogP contribution in [0.1, 0.15) is 12.5 Å². The molecule has 1 aromatic rings. The van der Waals surface area contributed by atoms with Crippen LogP contribution >= 0.6 is 15.9 Å². The summed E-state index contributed by atoms with van der Waals surface area (Å²) in [5, 5.41) is 8.89. The first-order valence-electron chi connectivity index (χ1n) is 4.83. The molecule has 0 aliphatic carbocycles. The van der Waals surface area contributed by atoms with E-state index < -0.39 is 30.4 Å². The number of methoxy groups -OCH3 is 1. The summed E-state index contributed by atoms with van der Waals surface area (Å²) < 4.78 is 30.5. The van der Waals surface area contributed by atoms with E-state index in [4.69, 9.17) is 9.84 Å². The molecule has 1 unspecified atom stereocenters. The molecule has 0 fully saturated rings. The number of nitrogens with zero attached hydrogens (tertiary/aromatic N) is 1. The Bertz CT molecular complexity index is 503. The maximum absolute atomic E-state index is 12.3. The number of carboxylic acid groups (broad SMARTS) is 1. The van der Waals surface area contributed by atoms with Crippen molar-refractivity contribution in [1.82, 2.24) is 4.57 Å². The van der Waals surface area contributed by atoms with Gasteiger partial charge in [0.1, 0.15) is 11.8 Å². The number of alkyl halides is 2. The number of carbonyl (C=O) groups is 1. The van der Waals surface area contributed by atoms with E-state index >= 15 is 0 Å². The van der Waals surface area contributed by atoms with E-state index in [1.54, 1.807) is 0 Å². The van der Waals surface area contributed by atoms with Crippen molar-refractivity contribution >= 4 is 21.9 Å². The molecule has 0 aromatic carbocycles. The Balaban J connectivity index is 3.27. The topological polar surface area (TPSA) is 68.5 Å². The van der Waals surface area contributed by atoms with Crippen molar-refractivity contribution in [3.63, 3.8) is 0 Å². The number of hydrogen-bond acceptors (Lipinski definition) is 3. The molecule has 0 saturated heterocycles. The van der Waals surface area contributed by atoms with Gasteiger partial charge in [-0.25, -0.2) is 13.6 Å². The number of halogens is 3. The smallest absolute Gasteiger partial charge is 0.327 e. The van der Waals surface area contributed by atoms with Crippen molar-refractivity contribution in [3.8, 4) is 5.75 Å². The first-order chi connectivity index (χ1) is 8.36. The molecule has 1 heterocycles. The second kappa shape index (κ2) is 5.94. The zero-order chi connectivity index (χ0) is 13.9. The van der Waals surface area contributed by atoms with Gasteiger partial charge in [0.25, 0.3) is 5.56 Å². The lowest BCUT2D eigenvalue weighted by Gasteiger charge is -2.16. The zero-order valence-corrected chi connectivity index (χ0v) is 10.9. The number of hydrogen-bond donors (Lipinski definition) is 1. The highest BCUT2D eigenvalue weighted by Crippen LogP contribution is 2.24. The summed E-state index contributed by atoms with van der Waals surface area (Å²) in [6.07, 6.45) is -2.68. The maximum atomic E-state index is 12.3. The van der Waals surface area contributed by atoms with E-state index in [2.05, 4.69) is 15.9 Å². The molecule has 1 atom stereocenters. The van der Waals surface area contributed by atoms with Crippen molar-refractivity contribution in [3.05, 3.63) is 27.1 Å². The van der Waals surface area contributed by atoms with Crippen LogP contribution in [0.25, 0.3) is 0 Å². The van der Waals surface area contributed by atoms with Crippen LogP contribution in [0.5, 0.6) is 5.75 Å². The maximum Gasteiger partial charge on any atom is 0.327 e. The third kappa shape index (κ3) is 3.28. The molecule has 1 aromatic heterocycles. The van der Waals surface area contributed by atoms with E-state index in [0.717, 1.165) is 16.8 Å². The summed E-state index contributed by atoms with van der Waals surface area (Å²) in [5.41, 5.74) is -0.698. The first kappa shape index (κ1) is 14.6. The van der Waals surface area contributed by atoms with Crippen molar-refractivity contribution in [2.75, 3.05) is 7.11 Å².